The van der Waals surface area contributed by atoms with E-state index < -0.39 is 28.6 Å². The first-order valence-electron chi connectivity index (χ1n) is 5.24. The topological polar surface area (TPSA) is 96.6 Å². The second kappa shape index (κ2) is 7.16. The first kappa shape index (κ1) is 15.5. The molecule has 0 fully saturated rings. The highest BCUT2D eigenvalue weighted by Crippen LogP contribution is 2.08. The van der Waals surface area contributed by atoms with E-state index in [2.05, 4.69) is 4.94 Å². The predicted octanol–water partition coefficient (Wildman–Crippen LogP) is 1.23. The number of halogens is 1. The average molecular weight is 289 g/mol. The van der Waals surface area contributed by atoms with Crippen LogP contribution in [-0.2, 0) is 26.4 Å². The minimum Gasteiger partial charge on any atom is -0.370 e. The van der Waals surface area contributed by atoms with Gasteiger partial charge < -0.3 is 4.74 Å². The molecule has 8 heteroatoms. The summed E-state index contributed by atoms with van der Waals surface area (Å²) in [5.41, 5.74) is 1.16. The standard InChI is InChI=1S/C11H12FNO5S/c12-18-7-11(8-19(14,15)16)17-6-10-3-1-9(5-13)2-4-10/h1-4,11H,6-8H2,(H,14,15,16). The van der Waals surface area contributed by atoms with E-state index in [9.17, 15) is 12.9 Å². The molecule has 0 heterocycles. The molecule has 0 aliphatic heterocycles. The Bertz CT molecular complexity index is 537. The van der Waals surface area contributed by atoms with Gasteiger partial charge in [0.25, 0.3) is 10.1 Å². The summed E-state index contributed by atoms with van der Waals surface area (Å²) in [6, 6.07) is 8.34. The third-order valence-electron chi connectivity index (χ3n) is 2.21. The molecule has 1 N–H and O–H groups in total. The maximum absolute atomic E-state index is 11.8. The van der Waals surface area contributed by atoms with E-state index >= 15 is 0 Å². The molecule has 19 heavy (non-hydrogen) atoms. The zero-order valence-electron chi connectivity index (χ0n) is 9.82. The second-order valence-corrected chi connectivity index (χ2v) is 5.26. The van der Waals surface area contributed by atoms with Gasteiger partial charge in [0.2, 0.25) is 0 Å². The molecule has 1 aromatic carbocycles. The molecule has 0 saturated carbocycles. The molecule has 1 rings (SSSR count). The van der Waals surface area contributed by atoms with Gasteiger partial charge in [0.05, 0.1) is 18.2 Å². The number of hydrogen-bond acceptors (Lipinski definition) is 5. The Labute approximate surface area is 110 Å². The molecule has 0 radical (unpaired) electrons. The van der Waals surface area contributed by atoms with Crippen LogP contribution in [0.15, 0.2) is 24.3 Å². The van der Waals surface area contributed by atoms with Crippen molar-refractivity contribution < 1.29 is 27.2 Å². The Kier molecular flexibility index (Phi) is 5.85. The molecule has 1 unspecified atom stereocenters. The lowest BCUT2D eigenvalue weighted by atomic mass is 10.1. The quantitative estimate of drug-likeness (QED) is 0.758. The van der Waals surface area contributed by atoms with E-state index in [0.717, 1.165) is 0 Å². The molecular formula is C11H12FNO5S. The molecule has 1 atom stereocenters. The lowest BCUT2D eigenvalue weighted by Crippen LogP contribution is -2.27. The van der Waals surface area contributed by atoms with Crippen LogP contribution in [0.2, 0.25) is 0 Å². The largest absolute Gasteiger partial charge is 0.370 e. The van der Waals surface area contributed by atoms with Crippen LogP contribution in [0, 0.1) is 11.3 Å². The van der Waals surface area contributed by atoms with Crippen LogP contribution in [-0.4, -0.2) is 31.4 Å². The molecule has 0 saturated heterocycles. The number of nitriles is 1. The monoisotopic (exact) mass is 289 g/mol. The minimum absolute atomic E-state index is 0.00918. The summed E-state index contributed by atoms with van der Waals surface area (Å²) in [5, 5.41) is 8.61. The summed E-state index contributed by atoms with van der Waals surface area (Å²) in [7, 11) is -4.28. The number of rotatable bonds is 7. The molecule has 0 aliphatic carbocycles. The third-order valence-corrected chi connectivity index (χ3v) is 3.01. The fraction of sp³-hybridized carbons (Fsp3) is 0.364. The van der Waals surface area contributed by atoms with Crippen molar-refractivity contribution in [3.63, 3.8) is 0 Å². The van der Waals surface area contributed by atoms with Crippen LogP contribution >= 0.6 is 0 Å². The molecule has 0 spiro atoms. The zero-order valence-corrected chi connectivity index (χ0v) is 10.6. The van der Waals surface area contributed by atoms with Crippen molar-refractivity contribution in [1.29, 1.82) is 5.26 Å². The molecule has 0 aliphatic rings. The van der Waals surface area contributed by atoms with Crippen LogP contribution in [0.5, 0.6) is 0 Å². The first-order valence-corrected chi connectivity index (χ1v) is 6.85. The summed E-state index contributed by atoms with van der Waals surface area (Å²) >= 11 is 0. The van der Waals surface area contributed by atoms with E-state index in [-0.39, 0.29) is 6.61 Å². The van der Waals surface area contributed by atoms with E-state index in [0.29, 0.717) is 11.1 Å². The fourth-order valence-electron chi connectivity index (χ4n) is 1.34. The summed E-state index contributed by atoms with van der Waals surface area (Å²) in [6.07, 6.45) is -1.12. The van der Waals surface area contributed by atoms with Crippen molar-refractivity contribution in [2.45, 2.75) is 12.7 Å². The number of ether oxygens (including phenoxy) is 1. The van der Waals surface area contributed by atoms with Crippen LogP contribution in [0.1, 0.15) is 11.1 Å². The van der Waals surface area contributed by atoms with Crippen molar-refractivity contribution in [2.75, 3.05) is 12.4 Å². The highest BCUT2D eigenvalue weighted by molar-refractivity contribution is 7.85. The molecule has 6 nitrogen and oxygen atoms in total. The Hall–Kier alpha value is -1.53. The normalized spacial score (nSPS) is 12.9. The highest BCUT2D eigenvalue weighted by Gasteiger charge is 2.18. The lowest BCUT2D eigenvalue weighted by Gasteiger charge is -2.14. The Morgan fingerprint density at radius 2 is 2.00 bits per heavy atom. The molecule has 1 aromatic rings. The maximum Gasteiger partial charge on any atom is 0.267 e. The number of benzene rings is 1. The van der Waals surface area contributed by atoms with Gasteiger partial charge in [-0.3, -0.25) is 4.55 Å². The van der Waals surface area contributed by atoms with Crippen LogP contribution in [0.3, 0.4) is 0 Å². The lowest BCUT2D eigenvalue weighted by molar-refractivity contribution is -0.164. The van der Waals surface area contributed by atoms with Crippen molar-refractivity contribution in [2.24, 2.45) is 0 Å². The van der Waals surface area contributed by atoms with Gasteiger partial charge in [0.1, 0.15) is 18.5 Å². The van der Waals surface area contributed by atoms with Crippen LogP contribution < -0.4 is 0 Å². The van der Waals surface area contributed by atoms with Crippen LogP contribution in [0.4, 0.5) is 4.53 Å². The van der Waals surface area contributed by atoms with E-state index in [4.69, 9.17) is 14.6 Å². The van der Waals surface area contributed by atoms with Gasteiger partial charge in [-0.1, -0.05) is 12.1 Å². The van der Waals surface area contributed by atoms with Gasteiger partial charge in [-0.2, -0.15) is 18.6 Å². The van der Waals surface area contributed by atoms with Gasteiger partial charge in [0, 0.05) is 0 Å². The maximum atomic E-state index is 11.8. The van der Waals surface area contributed by atoms with Gasteiger partial charge in [-0.15, -0.1) is 0 Å². The molecule has 0 amide bonds. The summed E-state index contributed by atoms with van der Waals surface area (Å²) in [5.74, 6) is -0.757. The van der Waals surface area contributed by atoms with Crippen molar-refractivity contribution in [3.8, 4) is 6.07 Å². The highest BCUT2D eigenvalue weighted by atomic mass is 32.2. The SMILES string of the molecule is N#Cc1ccc(COC(COF)CS(=O)(=O)O)cc1. The molecule has 0 aromatic heterocycles. The van der Waals surface area contributed by atoms with Gasteiger partial charge in [0.15, 0.2) is 0 Å². The number of nitrogens with zero attached hydrogens (tertiary/aromatic N) is 1. The van der Waals surface area contributed by atoms with Crippen molar-refractivity contribution in [3.05, 3.63) is 35.4 Å². The second-order valence-electron chi connectivity index (χ2n) is 3.77. The van der Waals surface area contributed by atoms with E-state index in [1.54, 1.807) is 24.3 Å². The van der Waals surface area contributed by atoms with Gasteiger partial charge >= 0.3 is 0 Å². The third kappa shape index (κ3) is 6.26. The molecule has 104 valence electrons. The van der Waals surface area contributed by atoms with Crippen LogP contribution in [0.25, 0.3) is 0 Å². The summed E-state index contributed by atoms with van der Waals surface area (Å²) in [4.78, 5) is 3.33. The summed E-state index contributed by atoms with van der Waals surface area (Å²) in [6.45, 7) is -0.592. The number of hydrogen-bond donors (Lipinski definition) is 1. The van der Waals surface area contributed by atoms with Gasteiger partial charge in [-0.25, -0.2) is 0 Å². The van der Waals surface area contributed by atoms with Gasteiger partial charge in [-0.05, 0) is 22.2 Å². The van der Waals surface area contributed by atoms with E-state index in [1.165, 1.54) is 0 Å². The average Bonchev–Trinajstić information content (AvgIpc) is 2.35. The molecular weight excluding hydrogens is 277 g/mol. The van der Waals surface area contributed by atoms with Crippen molar-refractivity contribution in [1.82, 2.24) is 0 Å². The zero-order chi connectivity index (χ0) is 14.3. The minimum atomic E-state index is -4.28. The molecule has 0 bridgehead atoms. The summed E-state index contributed by atoms with van der Waals surface area (Å²) < 4.78 is 46.9. The Morgan fingerprint density at radius 1 is 1.37 bits per heavy atom. The smallest absolute Gasteiger partial charge is 0.267 e. The predicted molar refractivity (Wildman–Crippen MR) is 63.2 cm³/mol. The first-order chi connectivity index (χ1) is 8.94. The Balaban J connectivity index is 2.58. The fourth-order valence-corrected chi connectivity index (χ4v) is 2.00. The van der Waals surface area contributed by atoms with E-state index in [1.807, 2.05) is 6.07 Å². The van der Waals surface area contributed by atoms with Crippen molar-refractivity contribution >= 4 is 10.1 Å². The Morgan fingerprint density at radius 3 is 2.47 bits per heavy atom.